The molecule has 4 heterocycles. The SMILES string of the molecule is CC[C@@H](C)[C@@H](NC(=O)C(C)(C)NC(=O)[C@@H](CCC(N)=O)NC(=O)[C@@](C)(CC)NC(=O)[C@H](Cc1c[nH]c2ccccc12)NC(C)=O)C(=O)N[C@@H](C(=O)NC(C)(C)C(=O)N[C@@H](CC(C)C)C(=O)NC(C)(C)C(=O)N1CCC[C@H]1C(=O)N[C@H](CCC(N)=O)C(=O)NC(C)(C)C(=O)N1C[C@@H](O)C[C@@H]1C(=O)N[C@](C)(CC)C(=O)N1CCC[C@H]1C(=O)N[C@H](Cc1ccccc1)C(=O)NCC(=O)O)[C@@H](C)O. The third-order valence-electron chi connectivity index (χ3n) is 24.5. The number of aromatic nitrogens is 1. The molecule has 15 atom stereocenters. The average molecular weight is 1880 g/mol. The van der Waals surface area contributed by atoms with Crippen LogP contribution in [0.4, 0.5) is 0 Å². The number of para-hydroxylation sites is 1. The minimum Gasteiger partial charge on any atom is -0.480 e. The molecule has 3 fully saturated rings. The fourth-order valence-corrected chi connectivity index (χ4v) is 16.0. The number of likely N-dealkylation sites (tertiary alicyclic amines) is 3. The first kappa shape index (κ1) is 110. The molecule has 134 heavy (non-hydrogen) atoms. The number of carboxylic acids is 1. The van der Waals surface area contributed by atoms with E-state index in [1.165, 1.54) is 92.9 Å². The maximum Gasteiger partial charge on any atom is 0.322 e. The normalized spacial score (nSPS) is 18.6. The van der Waals surface area contributed by atoms with Crippen LogP contribution in [0.15, 0.2) is 60.8 Å². The van der Waals surface area contributed by atoms with E-state index < -0.39 is 262 Å². The Hall–Kier alpha value is -12.7. The molecule has 3 saturated heterocycles. The fraction of sp³-hybridized carbons (Fsp3) is 0.626. The molecule has 0 unspecified atom stereocenters. The van der Waals surface area contributed by atoms with E-state index in [4.69, 9.17) is 11.5 Å². The monoisotopic (exact) mass is 1880 g/mol. The summed E-state index contributed by atoms with van der Waals surface area (Å²) in [6.45, 7) is 24.4. The third-order valence-corrected chi connectivity index (χ3v) is 24.5. The number of primary amides is 2. The summed E-state index contributed by atoms with van der Waals surface area (Å²) in [6.07, 6.45) is -2.43. The first-order valence-corrected chi connectivity index (χ1v) is 45.3. The van der Waals surface area contributed by atoms with E-state index in [9.17, 15) is 111 Å². The molecule has 0 radical (unpaired) electrons. The molecule has 6 rings (SSSR count). The molecule has 43 nitrogen and oxygen atoms in total. The Bertz CT molecular complexity index is 4840. The number of fused-ring (bicyclic) bond motifs is 1. The Balaban J connectivity index is 1.08. The second-order valence-electron chi connectivity index (χ2n) is 38.0. The Morgan fingerprint density at radius 2 is 0.948 bits per heavy atom. The van der Waals surface area contributed by atoms with Gasteiger partial charge in [0.05, 0.1) is 12.2 Å². The zero-order chi connectivity index (χ0) is 101. The Kier molecular flexibility index (Phi) is 38.8. The summed E-state index contributed by atoms with van der Waals surface area (Å²) in [6, 6.07) is 1.73. The number of hydrogen-bond acceptors (Lipinski definition) is 22. The number of nitrogens with two attached hydrogens (primary N) is 2. The van der Waals surface area contributed by atoms with Crippen LogP contribution in [0, 0.1) is 11.8 Å². The number of rotatable bonds is 48. The van der Waals surface area contributed by atoms with Crippen LogP contribution in [0.5, 0.6) is 0 Å². The molecule has 1 aromatic heterocycles. The van der Waals surface area contributed by atoms with Gasteiger partial charge in [-0.15, -0.1) is 0 Å². The van der Waals surface area contributed by atoms with E-state index in [0.717, 1.165) is 15.8 Å². The largest absolute Gasteiger partial charge is 0.480 e. The van der Waals surface area contributed by atoms with E-state index in [1.807, 2.05) is 24.3 Å². The number of aliphatic carboxylic acids is 1. The van der Waals surface area contributed by atoms with E-state index in [-0.39, 0.29) is 89.6 Å². The van der Waals surface area contributed by atoms with Gasteiger partial charge in [-0.2, -0.15) is 0 Å². The van der Waals surface area contributed by atoms with Crippen LogP contribution >= 0.6 is 0 Å². The predicted molar refractivity (Wildman–Crippen MR) is 488 cm³/mol. The minimum absolute atomic E-state index is 0.0212. The Morgan fingerprint density at radius 1 is 0.478 bits per heavy atom. The van der Waals surface area contributed by atoms with Crippen molar-refractivity contribution >= 4 is 129 Å². The van der Waals surface area contributed by atoms with Gasteiger partial charge >= 0.3 is 5.97 Å². The molecule has 3 aliphatic rings. The number of carbonyl (C=O) groups excluding carboxylic acids is 19. The summed E-state index contributed by atoms with van der Waals surface area (Å²) in [7, 11) is 0. The first-order valence-electron chi connectivity index (χ1n) is 45.3. The van der Waals surface area contributed by atoms with Crippen LogP contribution in [-0.4, -0.2) is 285 Å². The van der Waals surface area contributed by atoms with Crippen LogP contribution in [0.1, 0.15) is 219 Å². The van der Waals surface area contributed by atoms with Gasteiger partial charge in [-0.1, -0.05) is 96.5 Å². The molecule has 0 bridgehead atoms. The zero-order valence-corrected chi connectivity index (χ0v) is 79.8. The molecule has 3 aromatic rings. The molecule has 740 valence electrons. The van der Waals surface area contributed by atoms with Crippen molar-refractivity contribution in [1.82, 2.24) is 94.1 Å². The molecule has 0 saturated carbocycles. The topological polar surface area (TPSA) is 648 Å². The van der Waals surface area contributed by atoms with Crippen molar-refractivity contribution in [3.8, 4) is 0 Å². The number of β-amino-alcohol motifs (C(OH)–C–C–N with tert-alkyl or cyclic N) is 1. The van der Waals surface area contributed by atoms with Gasteiger partial charge in [0.1, 0.15) is 100 Å². The second kappa shape index (κ2) is 47.3. The van der Waals surface area contributed by atoms with Gasteiger partial charge in [0, 0.05) is 75.8 Å². The quantitative estimate of drug-likeness (QED) is 0.0282. The number of nitrogens with zero attached hydrogens (tertiary/aromatic N) is 3. The molecule has 19 amide bonds. The second-order valence-corrected chi connectivity index (χ2v) is 38.0. The summed E-state index contributed by atoms with van der Waals surface area (Å²) in [5, 5.41) is 68.5. The lowest BCUT2D eigenvalue weighted by Crippen LogP contribution is -2.66. The van der Waals surface area contributed by atoms with Crippen LogP contribution in [-0.2, 0) is 109 Å². The van der Waals surface area contributed by atoms with Crippen molar-refractivity contribution in [3.05, 3.63) is 71.9 Å². The number of aliphatic hydroxyl groups is 2. The van der Waals surface area contributed by atoms with Crippen LogP contribution in [0.3, 0.4) is 0 Å². The molecule has 2 aromatic carbocycles. The van der Waals surface area contributed by atoms with Gasteiger partial charge in [-0.25, -0.2) is 0 Å². The lowest BCUT2D eigenvalue weighted by Gasteiger charge is -2.38. The number of amides is 19. The molecule has 22 N–H and O–H groups in total. The highest BCUT2D eigenvalue weighted by Gasteiger charge is 2.52. The van der Waals surface area contributed by atoms with E-state index in [0.29, 0.717) is 17.5 Å². The highest BCUT2D eigenvalue weighted by Crippen LogP contribution is 2.30. The van der Waals surface area contributed by atoms with Gasteiger partial charge in [0.15, 0.2) is 0 Å². The number of carboxylic acid groups (broad SMARTS) is 1. The van der Waals surface area contributed by atoms with Gasteiger partial charge in [0.25, 0.3) is 0 Å². The Labute approximate surface area is 779 Å². The van der Waals surface area contributed by atoms with Crippen LogP contribution < -0.4 is 85.9 Å². The number of nitrogens with one attached hydrogen (secondary N) is 15. The number of carbonyl (C=O) groups is 20. The maximum absolute atomic E-state index is 14.8. The summed E-state index contributed by atoms with van der Waals surface area (Å²) in [5.41, 5.74) is 2.02. The van der Waals surface area contributed by atoms with Gasteiger partial charge in [-0.3, -0.25) is 95.9 Å². The zero-order valence-electron chi connectivity index (χ0n) is 79.8. The van der Waals surface area contributed by atoms with E-state index in [2.05, 4.69) is 79.4 Å². The number of hydrogen-bond donors (Lipinski definition) is 20. The van der Waals surface area contributed by atoms with E-state index in [1.54, 1.807) is 78.1 Å². The predicted octanol–water partition coefficient (Wildman–Crippen LogP) is -2.34. The molecule has 3 aliphatic heterocycles. The van der Waals surface area contributed by atoms with Crippen molar-refractivity contribution in [3.63, 3.8) is 0 Å². The Morgan fingerprint density at radius 3 is 1.46 bits per heavy atom. The summed E-state index contributed by atoms with van der Waals surface area (Å²) in [5.74, 6) is -18.8. The fourth-order valence-electron chi connectivity index (χ4n) is 16.0. The highest BCUT2D eigenvalue weighted by molar-refractivity contribution is 6.04. The average Bonchev–Trinajstić information content (AvgIpc) is 1.59. The number of aliphatic hydroxyl groups excluding tert-OH is 2. The van der Waals surface area contributed by atoms with Crippen molar-refractivity contribution < 1.29 is 111 Å². The van der Waals surface area contributed by atoms with Crippen molar-refractivity contribution in [2.75, 3.05) is 26.2 Å². The van der Waals surface area contributed by atoms with Crippen molar-refractivity contribution in [2.45, 2.75) is 327 Å². The lowest BCUT2D eigenvalue weighted by atomic mass is 9.94. The van der Waals surface area contributed by atoms with Gasteiger partial charge < -0.3 is 121 Å². The first-order chi connectivity index (χ1) is 62.4. The smallest absolute Gasteiger partial charge is 0.322 e. The molecule has 0 spiro atoms. The number of benzene rings is 2. The van der Waals surface area contributed by atoms with Crippen molar-refractivity contribution in [2.24, 2.45) is 23.3 Å². The van der Waals surface area contributed by atoms with Gasteiger partial charge in [0.2, 0.25) is 112 Å². The number of aromatic amines is 1. The molecular weight excluding hydrogens is 1740 g/mol. The maximum atomic E-state index is 14.8. The summed E-state index contributed by atoms with van der Waals surface area (Å²) < 4.78 is 0. The number of H-pyrrole nitrogens is 1. The van der Waals surface area contributed by atoms with Crippen molar-refractivity contribution in [1.29, 1.82) is 0 Å². The van der Waals surface area contributed by atoms with Crippen LogP contribution in [0.25, 0.3) is 10.9 Å². The highest BCUT2D eigenvalue weighted by atomic mass is 16.4. The minimum atomic E-state index is -1.95. The van der Waals surface area contributed by atoms with Crippen LogP contribution in [0.2, 0.25) is 0 Å². The summed E-state index contributed by atoms with van der Waals surface area (Å²) in [4.78, 5) is 285. The molecular formula is C91H138N20O23. The van der Waals surface area contributed by atoms with E-state index >= 15 is 0 Å². The van der Waals surface area contributed by atoms with Gasteiger partial charge in [-0.05, 0) is 163 Å². The summed E-state index contributed by atoms with van der Waals surface area (Å²) >= 11 is 0. The molecule has 43 heteroatoms. The lowest BCUT2D eigenvalue weighted by molar-refractivity contribution is -0.149. The molecule has 0 aliphatic carbocycles. The standard InChI is InChI=1S/C91H138N20O23/c1-19-49(6)68(102-81(130)87(11,12)103-72(121)58(36-38-66(93)116)99-82(131)90(17,20-2)107-74(123)61(96-51(8)113)43-53-45-94-56-32-26-25-31-55(53)56)78(127)101-69(50(7)112)79(128)106-86(9,10)80(129)100-59(41-48(4)5)73(122)105-88(13,14)83(132)109-39-27-33-62(109)75(124)97-57(35-37-65(92)115)71(120)104-89(15,16)84(133)111-47-54(114)44-64(111)77(126)108-91(18,21-3)85(134)110-40-28-34-63(110)76(125)98-60(70(119)95-46-67(117)118)42-52-29-23-22-24-30-52/h22-26,29-32,45,48-50,54,57-64,68-69,94,112,114H,19-21,27-28,33-44,46-47H2,1-18H3,(H2,92,115)(H2,93,116)(H,95,119)(H,96,113)(H,97,124)(H,98,125)(H,99,131)(H,100,129)(H,101,127)(H,102,130)(H,103,121)(H,104,120)(H,105,122)(H,106,128)(H,107,123)(H,108,126)(H,117,118)/t49-,50-,54+,57-,58-,59+,60-,61+,62+,63+,64-,68-,69-,90-,91-/m1/s1. The third kappa shape index (κ3) is 29.9.